The third-order valence-electron chi connectivity index (χ3n) is 5.73. The summed E-state index contributed by atoms with van der Waals surface area (Å²) >= 11 is 0. The number of hydrogen-bond donors (Lipinski definition) is 2. The van der Waals surface area contributed by atoms with E-state index >= 15 is 0 Å². The number of carbonyl (C=O) groups excluding carboxylic acids is 1. The lowest BCUT2D eigenvalue weighted by atomic mass is 9.93. The number of fused-ring (bicyclic) bond motifs is 2. The lowest BCUT2D eigenvalue weighted by Gasteiger charge is -2.25. The monoisotopic (exact) mass is 451 g/mol. The maximum atomic E-state index is 13.2. The molecule has 1 aliphatic heterocycles. The van der Waals surface area contributed by atoms with E-state index in [-0.39, 0.29) is 23.9 Å². The fourth-order valence-electron chi connectivity index (χ4n) is 4.08. The highest BCUT2D eigenvalue weighted by Gasteiger charge is 2.35. The minimum Gasteiger partial charge on any atom is -0.392 e. The van der Waals surface area contributed by atoms with E-state index in [4.69, 9.17) is 0 Å². The topological polar surface area (TPSA) is 121 Å². The molecule has 0 spiro atoms. The minimum absolute atomic E-state index is 0.0987. The second-order valence-electron chi connectivity index (χ2n) is 7.92. The van der Waals surface area contributed by atoms with Crippen LogP contribution < -0.4 is 0 Å². The molecule has 9 nitrogen and oxygen atoms in total. The van der Waals surface area contributed by atoms with Crippen LogP contribution in [0.5, 0.6) is 0 Å². The van der Waals surface area contributed by atoms with E-state index in [1.165, 1.54) is 18.3 Å². The molecule has 3 heterocycles. The molecule has 0 unspecified atom stereocenters. The number of hydrogen-bond acceptors (Lipinski definition) is 6. The van der Waals surface area contributed by atoms with Gasteiger partial charge in [0.25, 0.3) is 10.0 Å². The zero-order valence-corrected chi connectivity index (χ0v) is 18.0. The third kappa shape index (κ3) is 3.37. The summed E-state index contributed by atoms with van der Waals surface area (Å²) < 4.78 is 27.1. The number of amides is 1. The van der Waals surface area contributed by atoms with Gasteiger partial charge in [0.2, 0.25) is 5.91 Å². The number of nitrogens with zero attached hydrogens (tertiary/aromatic N) is 4. The molecule has 4 aromatic rings. The summed E-state index contributed by atoms with van der Waals surface area (Å²) in [4.78, 5) is 14.9. The Kier molecular flexibility index (Phi) is 4.83. The van der Waals surface area contributed by atoms with Crippen molar-refractivity contribution < 1.29 is 18.3 Å². The van der Waals surface area contributed by atoms with Crippen LogP contribution in [0, 0.1) is 0 Å². The van der Waals surface area contributed by atoms with E-state index in [9.17, 15) is 18.3 Å². The number of rotatable bonds is 5. The second kappa shape index (κ2) is 7.57. The Morgan fingerprint density at radius 3 is 2.66 bits per heavy atom. The first kappa shape index (κ1) is 20.4. The maximum Gasteiger partial charge on any atom is 0.283 e. The van der Waals surface area contributed by atoms with E-state index in [2.05, 4.69) is 15.3 Å². The summed E-state index contributed by atoms with van der Waals surface area (Å²) in [5.41, 5.74) is 2.55. The third-order valence-corrected chi connectivity index (χ3v) is 7.26. The van der Waals surface area contributed by atoms with E-state index in [1.807, 2.05) is 30.3 Å². The van der Waals surface area contributed by atoms with Crippen LogP contribution in [0.1, 0.15) is 29.7 Å². The molecule has 1 amide bonds. The molecule has 10 heteroatoms. The van der Waals surface area contributed by atoms with Crippen LogP contribution in [0.2, 0.25) is 0 Å². The van der Waals surface area contributed by atoms with Gasteiger partial charge in [0, 0.05) is 23.7 Å². The Labute approximate surface area is 184 Å². The molecule has 1 aliphatic rings. The molecule has 32 heavy (non-hydrogen) atoms. The van der Waals surface area contributed by atoms with Crippen LogP contribution in [0.3, 0.4) is 0 Å². The molecule has 0 saturated carbocycles. The predicted molar refractivity (Wildman–Crippen MR) is 116 cm³/mol. The molecule has 5 rings (SSSR count). The van der Waals surface area contributed by atoms with Crippen molar-refractivity contribution >= 4 is 26.8 Å². The molecule has 2 N–H and O–H groups in total. The van der Waals surface area contributed by atoms with E-state index in [0.29, 0.717) is 16.8 Å². The maximum absolute atomic E-state index is 13.2. The number of aliphatic hydroxyl groups is 1. The average Bonchev–Trinajstić information content (AvgIpc) is 3.48. The molecule has 164 valence electrons. The average molecular weight is 452 g/mol. The molecule has 0 radical (unpaired) electrons. The largest absolute Gasteiger partial charge is 0.392 e. The summed E-state index contributed by atoms with van der Waals surface area (Å²) in [5.74, 6) is -0.916. The molecule has 0 saturated heterocycles. The molecule has 0 aliphatic carbocycles. The predicted octanol–water partition coefficient (Wildman–Crippen LogP) is 2.00. The number of benzene rings is 2. The quantitative estimate of drug-likeness (QED) is 0.479. The van der Waals surface area contributed by atoms with E-state index < -0.39 is 22.0 Å². The Balaban J connectivity index is 1.39. The highest BCUT2D eigenvalue weighted by Crippen LogP contribution is 2.29. The molecule has 0 fully saturated rings. The Hall–Kier alpha value is -3.50. The van der Waals surface area contributed by atoms with Gasteiger partial charge in [-0.05, 0) is 30.7 Å². The van der Waals surface area contributed by atoms with Crippen molar-refractivity contribution in [2.45, 2.75) is 36.9 Å². The van der Waals surface area contributed by atoms with Gasteiger partial charge in [-0.3, -0.25) is 9.89 Å². The molecule has 0 bridgehead atoms. The van der Waals surface area contributed by atoms with Crippen LogP contribution in [-0.2, 0) is 27.9 Å². The van der Waals surface area contributed by atoms with Gasteiger partial charge in [-0.15, -0.1) is 0 Å². The zero-order valence-electron chi connectivity index (χ0n) is 17.2. The van der Waals surface area contributed by atoms with Crippen molar-refractivity contribution in [1.82, 2.24) is 24.3 Å². The highest BCUT2D eigenvalue weighted by molar-refractivity contribution is 7.89. The number of H-pyrrole nitrogens is 1. The van der Waals surface area contributed by atoms with Crippen molar-refractivity contribution in [1.29, 1.82) is 0 Å². The van der Waals surface area contributed by atoms with Gasteiger partial charge in [0.15, 0.2) is 0 Å². The Morgan fingerprint density at radius 1 is 1.16 bits per heavy atom. The zero-order chi connectivity index (χ0) is 22.5. The van der Waals surface area contributed by atoms with Gasteiger partial charge in [0.05, 0.1) is 40.9 Å². The van der Waals surface area contributed by atoms with Crippen LogP contribution in [0.25, 0.3) is 10.9 Å². The summed E-state index contributed by atoms with van der Waals surface area (Å²) in [6.07, 6.45) is 2.21. The molecule has 2 atom stereocenters. The van der Waals surface area contributed by atoms with Crippen LogP contribution in [0.15, 0.2) is 65.8 Å². The van der Waals surface area contributed by atoms with Gasteiger partial charge in [-0.1, -0.05) is 30.3 Å². The number of aliphatic hydroxyl groups excluding tert-OH is 1. The van der Waals surface area contributed by atoms with Crippen LogP contribution >= 0.6 is 0 Å². The molecule has 2 aromatic heterocycles. The highest BCUT2D eigenvalue weighted by atomic mass is 32.2. The van der Waals surface area contributed by atoms with Gasteiger partial charge < -0.3 is 10.0 Å². The fourth-order valence-corrected chi connectivity index (χ4v) is 5.27. The number of aromatic amines is 1. The standard InChI is InChI=1S/C22H21N5O4S/c1-14(28)21(15-5-3-2-4-6-15)22(29)26-11-17-12-27(25-20(17)13-26)32(30,31)18-8-7-16-10-23-24-19(16)9-18/h2-10,12,14,21,28H,11,13H2,1H3,(H,23,24)/t14-,21-/m0/s1. The van der Waals surface area contributed by atoms with Crippen molar-refractivity contribution in [3.63, 3.8) is 0 Å². The lowest BCUT2D eigenvalue weighted by Crippen LogP contribution is -2.36. The number of nitrogens with one attached hydrogen (secondary N) is 1. The lowest BCUT2D eigenvalue weighted by molar-refractivity contribution is -0.135. The number of aromatic nitrogens is 4. The normalized spacial score (nSPS) is 15.6. The smallest absolute Gasteiger partial charge is 0.283 e. The van der Waals surface area contributed by atoms with Gasteiger partial charge in [0.1, 0.15) is 0 Å². The first-order valence-electron chi connectivity index (χ1n) is 10.1. The van der Waals surface area contributed by atoms with Crippen LogP contribution in [-0.4, -0.2) is 49.8 Å². The summed E-state index contributed by atoms with van der Waals surface area (Å²) in [5, 5.41) is 22.0. The number of carbonyl (C=O) groups is 1. The van der Waals surface area contributed by atoms with Crippen molar-refractivity contribution in [2.24, 2.45) is 0 Å². The summed E-state index contributed by atoms with van der Waals surface area (Å²) in [7, 11) is -3.88. The van der Waals surface area contributed by atoms with Gasteiger partial charge in [-0.25, -0.2) is 0 Å². The second-order valence-corrected chi connectivity index (χ2v) is 9.72. The Bertz CT molecular complexity index is 1390. The first-order valence-corrected chi connectivity index (χ1v) is 11.6. The first-order chi connectivity index (χ1) is 15.3. The summed E-state index contributed by atoms with van der Waals surface area (Å²) in [6, 6.07) is 13.9. The van der Waals surface area contributed by atoms with Crippen molar-refractivity contribution in [3.05, 3.63) is 77.7 Å². The minimum atomic E-state index is -3.88. The SMILES string of the molecule is C[C@H](O)[C@H](C(=O)N1Cc2cn(S(=O)(=O)c3ccc4cn[nH]c4c3)nc2C1)c1ccccc1. The van der Waals surface area contributed by atoms with E-state index in [0.717, 1.165) is 15.0 Å². The molecular weight excluding hydrogens is 430 g/mol. The van der Waals surface area contributed by atoms with Gasteiger partial charge in [-0.2, -0.15) is 22.7 Å². The molecule has 2 aromatic carbocycles. The summed E-state index contributed by atoms with van der Waals surface area (Å²) in [6.45, 7) is 2.01. The fraction of sp³-hybridized carbons (Fsp3) is 0.227. The van der Waals surface area contributed by atoms with Crippen molar-refractivity contribution in [3.8, 4) is 0 Å². The molecular formula is C22H21N5O4S. The van der Waals surface area contributed by atoms with Gasteiger partial charge >= 0.3 is 0 Å². The van der Waals surface area contributed by atoms with Crippen molar-refractivity contribution in [2.75, 3.05) is 0 Å². The van der Waals surface area contributed by atoms with Crippen LogP contribution in [0.4, 0.5) is 0 Å². The Morgan fingerprint density at radius 2 is 1.94 bits per heavy atom. The van der Waals surface area contributed by atoms with E-state index in [1.54, 1.807) is 24.1 Å².